The quantitative estimate of drug-likeness (QED) is 0.389. The molecule has 3 aromatic heterocycles. The van der Waals surface area contributed by atoms with Crippen molar-refractivity contribution in [3.05, 3.63) is 70.9 Å². The maximum absolute atomic E-state index is 14.5. The van der Waals surface area contributed by atoms with Gasteiger partial charge in [-0.1, -0.05) is 19.9 Å². The van der Waals surface area contributed by atoms with Gasteiger partial charge in [-0.15, -0.1) is 10.2 Å². The summed E-state index contributed by atoms with van der Waals surface area (Å²) in [4.78, 5) is 14.0. The SMILES string of the molecule is CSCCc1nc(-c2nccc([C@@]34CC[C@@H](c5cc(-c6c(F)cccc6F)nnc53)C4(C)C)n2)n[nH]1. The Labute approximate surface area is 211 Å². The zero-order valence-electron chi connectivity index (χ0n) is 20.2. The lowest BCUT2D eigenvalue weighted by Crippen LogP contribution is -2.38. The molecule has 0 aliphatic heterocycles. The number of H-pyrrole nitrogens is 1. The van der Waals surface area contributed by atoms with E-state index in [0.717, 1.165) is 47.8 Å². The van der Waals surface area contributed by atoms with E-state index in [1.54, 1.807) is 18.0 Å². The van der Waals surface area contributed by atoms with E-state index in [4.69, 9.17) is 4.98 Å². The Morgan fingerprint density at radius 3 is 2.67 bits per heavy atom. The lowest BCUT2D eigenvalue weighted by molar-refractivity contribution is 0.243. The van der Waals surface area contributed by atoms with Gasteiger partial charge in [0.15, 0.2) is 5.82 Å². The third kappa shape index (κ3) is 3.23. The minimum Gasteiger partial charge on any atom is -0.263 e. The average Bonchev–Trinajstić information content (AvgIpc) is 3.50. The highest BCUT2D eigenvalue weighted by molar-refractivity contribution is 7.98. The zero-order valence-corrected chi connectivity index (χ0v) is 21.0. The zero-order chi connectivity index (χ0) is 25.1. The molecule has 2 bridgehead atoms. The molecule has 2 atom stereocenters. The molecule has 0 radical (unpaired) electrons. The Hall–Kier alpha value is -3.27. The van der Waals surface area contributed by atoms with Gasteiger partial charge in [-0.3, -0.25) is 5.10 Å². The van der Waals surface area contributed by atoms with Crippen LogP contribution in [0.2, 0.25) is 0 Å². The summed E-state index contributed by atoms with van der Waals surface area (Å²) in [6, 6.07) is 7.57. The molecule has 1 fully saturated rings. The molecule has 0 unspecified atom stereocenters. The second kappa shape index (κ2) is 8.40. The Bertz CT molecular complexity index is 1450. The molecule has 0 amide bonds. The number of hydrogen-bond donors (Lipinski definition) is 1. The Morgan fingerprint density at radius 2 is 1.89 bits per heavy atom. The molecule has 1 aromatic carbocycles. The van der Waals surface area contributed by atoms with Gasteiger partial charge in [-0.2, -0.15) is 16.9 Å². The van der Waals surface area contributed by atoms with Crippen LogP contribution in [0.25, 0.3) is 22.9 Å². The van der Waals surface area contributed by atoms with Crippen LogP contribution >= 0.6 is 11.8 Å². The van der Waals surface area contributed by atoms with Crippen molar-refractivity contribution >= 4 is 11.8 Å². The van der Waals surface area contributed by atoms with Crippen LogP contribution in [0.5, 0.6) is 0 Å². The third-order valence-electron chi connectivity index (χ3n) is 7.97. The number of nitrogens with one attached hydrogen (secondary N) is 1. The second-order valence-electron chi connectivity index (χ2n) is 9.96. The van der Waals surface area contributed by atoms with E-state index in [2.05, 4.69) is 50.5 Å². The predicted molar refractivity (Wildman–Crippen MR) is 133 cm³/mol. The van der Waals surface area contributed by atoms with Gasteiger partial charge in [0, 0.05) is 18.4 Å². The maximum Gasteiger partial charge on any atom is 0.218 e. The summed E-state index contributed by atoms with van der Waals surface area (Å²) < 4.78 is 29.0. The molecule has 2 aliphatic rings. The smallest absolute Gasteiger partial charge is 0.218 e. The largest absolute Gasteiger partial charge is 0.263 e. The fraction of sp³-hybridized carbons (Fsp3) is 0.385. The van der Waals surface area contributed by atoms with E-state index in [0.29, 0.717) is 11.6 Å². The van der Waals surface area contributed by atoms with Crippen LogP contribution in [-0.2, 0) is 11.8 Å². The average molecular weight is 506 g/mol. The molecule has 10 heteroatoms. The van der Waals surface area contributed by atoms with E-state index in [9.17, 15) is 8.78 Å². The van der Waals surface area contributed by atoms with Gasteiger partial charge in [0.25, 0.3) is 0 Å². The first-order valence-electron chi connectivity index (χ1n) is 11.9. The minimum absolute atomic E-state index is 0.145. The molecule has 1 saturated carbocycles. The van der Waals surface area contributed by atoms with Gasteiger partial charge in [-0.05, 0) is 60.3 Å². The fourth-order valence-electron chi connectivity index (χ4n) is 6.17. The molecule has 1 N–H and O–H groups in total. The topological polar surface area (TPSA) is 93.1 Å². The monoisotopic (exact) mass is 505 g/mol. The summed E-state index contributed by atoms with van der Waals surface area (Å²) in [5, 5.41) is 16.2. The summed E-state index contributed by atoms with van der Waals surface area (Å²) in [6.07, 6.45) is 6.35. The fourth-order valence-corrected chi connectivity index (χ4v) is 6.56. The van der Waals surface area contributed by atoms with Crippen molar-refractivity contribution in [2.45, 2.75) is 44.4 Å². The van der Waals surface area contributed by atoms with Crippen LogP contribution in [0.4, 0.5) is 8.78 Å². The number of fused-ring (bicyclic) bond motifs is 5. The van der Waals surface area contributed by atoms with Gasteiger partial charge >= 0.3 is 0 Å². The first-order valence-corrected chi connectivity index (χ1v) is 13.3. The van der Waals surface area contributed by atoms with Crippen molar-refractivity contribution in [3.63, 3.8) is 0 Å². The van der Waals surface area contributed by atoms with E-state index in [1.165, 1.54) is 18.2 Å². The predicted octanol–water partition coefficient (Wildman–Crippen LogP) is 5.11. The van der Waals surface area contributed by atoms with Crippen LogP contribution in [0, 0.1) is 17.0 Å². The second-order valence-corrected chi connectivity index (χ2v) is 10.9. The number of aromatic amines is 1. The highest BCUT2D eigenvalue weighted by atomic mass is 32.2. The van der Waals surface area contributed by atoms with Crippen LogP contribution in [0.15, 0.2) is 36.5 Å². The molecule has 4 aromatic rings. The van der Waals surface area contributed by atoms with E-state index < -0.39 is 17.0 Å². The highest BCUT2D eigenvalue weighted by Gasteiger charge is 2.65. The molecule has 184 valence electrons. The van der Waals surface area contributed by atoms with Crippen LogP contribution in [-0.4, -0.2) is 47.4 Å². The number of aryl methyl sites for hydroxylation is 1. The van der Waals surface area contributed by atoms with E-state index in [1.807, 2.05) is 12.1 Å². The van der Waals surface area contributed by atoms with Crippen molar-refractivity contribution < 1.29 is 8.78 Å². The first-order chi connectivity index (χ1) is 17.4. The van der Waals surface area contributed by atoms with Crippen LogP contribution in [0.1, 0.15) is 55.4 Å². The minimum atomic E-state index is -0.648. The van der Waals surface area contributed by atoms with Crippen molar-refractivity contribution in [2.24, 2.45) is 5.41 Å². The molecular weight excluding hydrogens is 480 g/mol. The van der Waals surface area contributed by atoms with Crippen molar-refractivity contribution in [1.82, 2.24) is 35.3 Å². The third-order valence-corrected chi connectivity index (χ3v) is 8.58. The number of hydrogen-bond acceptors (Lipinski definition) is 7. The molecule has 3 heterocycles. The number of halogens is 2. The van der Waals surface area contributed by atoms with Crippen molar-refractivity contribution in [2.75, 3.05) is 12.0 Å². The van der Waals surface area contributed by atoms with E-state index >= 15 is 0 Å². The Balaban J connectivity index is 1.45. The molecule has 2 aliphatic carbocycles. The Morgan fingerprint density at radius 1 is 1.08 bits per heavy atom. The summed E-state index contributed by atoms with van der Waals surface area (Å²) in [6.45, 7) is 4.43. The first kappa shape index (κ1) is 23.1. The van der Waals surface area contributed by atoms with Gasteiger partial charge in [0.05, 0.1) is 28.1 Å². The van der Waals surface area contributed by atoms with Gasteiger partial charge in [-0.25, -0.2) is 23.7 Å². The van der Waals surface area contributed by atoms with Crippen molar-refractivity contribution in [3.8, 4) is 22.9 Å². The normalized spacial score (nSPS) is 21.6. The molecule has 0 saturated heterocycles. The van der Waals surface area contributed by atoms with Crippen LogP contribution < -0.4 is 0 Å². The standard InChI is InChI=1S/C26H25F2N7S/c1-25(2)15-7-10-26(25,19-8-11-29-23(30-19)24-31-20(33-35-24)9-12-36-3)22-14(15)13-18(32-34-22)21-16(27)5-4-6-17(21)28/h4-6,8,11,13,15H,7,9-10,12H2,1-3H3,(H,31,33,35)/t15-,26-/m0/s1. The number of thioether (sulfide) groups is 1. The lowest BCUT2D eigenvalue weighted by atomic mass is 9.66. The van der Waals surface area contributed by atoms with Gasteiger partial charge in [0.1, 0.15) is 17.5 Å². The molecule has 6 rings (SSSR count). The van der Waals surface area contributed by atoms with E-state index in [-0.39, 0.29) is 22.6 Å². The molecule has 7 nitrogen and oxygen atoms in total. The summed E-state index contributed by atoms with van der Waals surface area (Å²) in [5.41, 5.74) is 1.99. The van der Waals surface area contributed by atoms with Crippen molar-refractivity contribution in [1.29, 1.82) is 0 Å². The highest BCUT2D eigenvalue weighted by Crippen LogP contribution is 2.69. The molecule has 0 spiro atoms. The van der Waals surface area contributed by atoms with Gasteiger partial charge < -0.3 is 0 Å². The number of aromatic nitrogens is 7. The number of benzene rings is 1. The van der Waals surface area contributed by atoms with Gasteiger partial charge in [0.2, 0.25) is 5.82 Å². The maximum atomic E-state index is 14.5. The number of nitrogens with zero attached hydrogens (tertiary/aromatic N) is 6. The Kier molecular flexibility index (Phi) is 5.40. The lowest BCUT2D eigenvalue weighted by Gasteiger charge is -2.37. The number of rotatable bonds is 6. The molecule has 36 heavy (non-hydrogen) atoms. The molecular formula is C26H25F2N7S. The summed E-state index contributed by atoms with van der Waals surface area (Å²) >= 11 is 1.75. The van der Waals surface area contributed by atoms with Crippen LogP contribution in [0.3, 0.4) is 0 Å². The summed E-state index contributed by atoms with van der Waals surface area (Å²) in [7, 11) is 0. The summed E-state index contributed by atoms with van der Waals surface area (Å²) in [5.74, 6) is 1.54.